The number of hydrogen-bond acceptors (Lipinski definition) is 3. The zero-order valence-corrected chi connectivity index (χ0v) is 12.6. The molecule has 0 aliphatic carbocycles. The third-order valence-corrected chi connectivity index (χ3v) is 3.49. The first-order chi connectivity index (χ1) is 10.7. The highest BCUT2D eigenvalue weighted by Gasteiger charge is 2.32. The van der Waals surface area contributed by atoms with Crippen molar-refractivity contribution in [3.8, 4) is 5.75 Å². The number of nitrogen functional groups attached to an aromatic ring is 1. The number of anilines is 1. The average molecular weight is 320 g/mol. The van der Waals surface area contributed by atoms with E-state index in [1.165, 1.54) is 12.1 Å². The Bertz CT molecular complexity index is 777. The molecule has 120 valence electrons. The molecule has 0 saturated carbocycles. The number of rotatable bonds is 1. The molecule has 2 aromatic carbocycles. The number of alkyl halides is 3. The van der Waals surface area contributed by atoms with Crippen LogP contribution in [0.1, 0.15) is 30.5 Å². The van der Waals surface area contributed by atoms with E-state index in [1.54, 1.807) is 32.0 Å². The lowest BCUT2D eigenvalue weighted by Gasteiger charge is -2.30. The maximum atomic E-state index is 12.7. The Kier molecular flexibility index (Phi) is 3.35. The first-order valence-electron chi connectivity index (χ1n) is 7.02. The van der Waals surface area contributed by atoms with Crippen LogP contribution < -0.4 is 10.5 Å². The molecule has 0 saturated heterocycles. The third-order valence-electron chi connectivity index (χ3n) is 3.49. The molecule has 0 radical (unpaired) electrons. The summed E-state index contributed by atoms with van der Waals surface area (Å²) < 4.78 is 43.9. The predicted octanol–water partition coefficient (Wildman–Crippen LogP) is 4.25. The van der Waals surface area contributed by atoms with Crippen LogP contribution in [0.15, 0.2) is 47.5 Å². The van der Waals surface area contributed by atoms with Crippen molar-refractivity contribution in [2.45, 2.75) is 25.7 Å². The molecule has 0 spiro atoms. The first kappa shape index (κ1) is 15.4. The molecule has 0 amide bonds. The van der Waals surface area contributed by atoms with Crippen molar-refractivity contribution in [1.29, 1.82) is 0 Å². The molecule has 0 aromatic heterocycles. The van der Waals surface area contributed by atoms with Gasteiger partial charge in [0.05, 0.1) is 11.3 Å². The summed E-state index contributed by atoms with van der Waals surface area (Å²) in [4.78, 5) is 4.52. The van der Waals surface area contributed by atoms with Gasteiger partial charge in [-0.15, -0.1) is 0 Å². The lowest BCUT2D eigenvalue weighted by Crippen LogP contribution is -2.32. The van der Waals surface area contributed by atoms with Gasteiger partial charge in [0.15, 0.2) is 5.72 Å². The number of halogens is 3. The summed E-state index contributed by atoms with van der Waals surface area (Å²) in [6.07, 6.45) is -4.36. The van der Waals surface area contributed by atoms with Gasteiger partial charge in [0.25, 0.3) is 0 Å². The molecule has 2 N–H and O–H groups in total. The van der Waals surface area contributed by atoms with Crippen molar-refractivity contribution >= 4 is 11.4 Å². The molecule has 6 heteroatoms. The monoisotopic (exact) mass is 320 g/mol. The van der Waals surface area contributed by atoms with Crippen molar-refractivity contribution in [1.82, 2.24) is 0 Å². The van der Waals surface area contributed by atoms with Gasteiger partial charge in [-0.2, -0.15) is 13.2 Å². The van der Waals surface area contributed by atoms with Gasteiger partial charge in [0.2, 0.25) is 0 Å². The van der Waals surface area contributed by atoms with Crippen molar-refractivity contribution < 1.29 is 17.9 Å². The third kappa shape index (κ3) is 3.02. The van der Waals surface area contributed by atoms with Gasteiger partial charge >= 0.3 is 6.18 Å². The van der Waals surface area contributed by atoms with Crippen molar-refractivity contribution in [3.63, 3.8) is 0 Å². The van der Waals surface area contributed by atoms with Crippen LogP contribution >= 0.6 is 0 Å². The van der Waals surface area contributed by atoms with E-state index in [4.69, 9.17) is 10.5 Å². The second-order valence-corrected chi connectivity index (χ2v) is 5.84. The van der Waals surface area contributed by atoms with Gasteiger partial charge < -0.3 is 10.5 Å². The van der Waals surface area contributed by atoms with Gasteiger partial charge in [-0.05, 0) is 38.1 Å². The fourth-order valence-corrected chi connectivity index (χ4v) is 2.48. The van der Waals surface area contributed by atoms with Gasteiger partial charge in [0.1, 0.15) is 5.75 Å². The fourth-order valence-electron chi connectivity index (χ4n) is 2.48. The maximum absolute atomic E-state index is 12.7. The van der Waals surface area contributed by atoms with Crippen LogP contribution in [-0.2, 0) is 6.18 Å². The number of nitrogens with zero attached hydrogens (tertiary/aromatic N) is 1. The Balaban J connectivity index is 2.09. The van der Waals surface area contributed by atoms with E-state index in [0.29, 0.717) is 28.3 Å². The summed E-state index contributed by atoms with van der Waals surface area (Å²) in [5, 5.41) is 0. The SMILES string of the molecule is CC1(C)N=C(c2ccc(C(F)(F)F)cc2)c2ccc(N)cc2O1. The summed E-state index contributed by atoms with van der Waals surface area (Å²) in [6, 6.07) is 10.1. The summed E-state index contributed by atoms with van der Waals surface area (Å²) >= 11 is 0. The highest BCUT2D eigenvalue weighted by molar-refractivity contribution is 6.15. The Morgan fingerprint density at radius 3 is 2.30 bits per heavy atom. The molecule has 3 nitrogen and oxygen atoms in total. The Labute approximate surface area is 131 Å². The van der Waals surface area contributed by atoms with Gasteiger partial charge in [-0.3, -0.25) is 0 Å². The van der Waals surface area contributed by atoms with E-state index >= 15 is 0 Å². The highest BCUT2D eigenvalue weighted by Crippen LogP contribution is 2.35. The molecule has 3 rings (SSSR count). The van der Waals surface area contributed by atoms with Crippen LogP contribution in [0.4, 0.5) is 18.9 Å². The van der Waals surface area contributed by atoms with Crippen LogP contribution in [0.2, 0.25) is 0 Å². The zero-order chi connectivity index (χ0) is 16.8. The van der Waals surface area contributed by atoms with Crippen LogP contribution in [0.5, 0.6) is 5.75 Å². The molecule has 23 heavy (non-hydrogen) atoms. The largest absolute Gasteiger partial charge is 0.466 e. The van der Waals surface area contributed by atoms with E-state index in [2.05, 4.69) is 4.99 Å². The Morgan fingerprint density at radius 1 is 1.04 bits per heavy atom. The molecular formula is C17H15F3N2O. The Morgan fingerprint density at radius 2 is 1.70 bits per heavy atom. The van der Waals surface area contributed by atoms with Crippen LogP contribution in [0, 0.1) is 0 Å². The highest BCUT2D eigenvalue weighted by atomic mass is 19.4. The summed E-state index contributed by atoms with van der Waals surface area (Å²) in [6.45, 7) is 3.56. The second kappa shape index (κ2) is 5.01. The van der Waals surface area contributed by atoms with Gasteiger partial charge in [0, 0.05) is 22.9 Å². The maximum Gasteiger partial charge on any atom is 0.416 e. The lowest BCUT2D eigenvalue weighted by molar-refractivity contribution is -0.137. The van der Waals surface area contributed by atoms with E-state index in [9.17, 15) is 13.2 Å². The van der Waals surface area contributed by atoms with E-state index in [1.807, 2.05) is 0 Å². The van der Waals surface area contributed by atoms with Gasteiger partial charge in [-0.1, -0.05) is 12.1 Å². The summed E-state index contributed by atoms with van der Waals surface area (Å²) in [7, 11) is 0. The molecule has 0 unspecified atom stereocenters. The normalized spacial score (nSPS) is 16.3. The van der Waals surface area contributed by atoms with E-state index in [0.717, 1.165) is 12.1 Å². The standard InChI is InChI=1S/C17H15F3N2O/c1-16(2)22-15(13-8-7-12(21)9-14(13)23-16)10-3-5-11(6-4-10)17(18,19)20/h3-9H,21H2,1-2H3. The Hall–Kier alpha value is -2.50. The van der Waals surface area contributed by atoms with E-state index < -0.39 is 17.5 Å². The molecule has 1 aliphatic heterocycles. The number of fused-ring (bicyclic) bond motifs is 1. The molecule has 2 aromatic rings. The van der Waals surface area contributed by atoms with Crippen molar-refractivity contribution in [2.24, 2.45) is 4.99 Å². The van der Waals surface area contributed by atoms with Crippen molar-refractivity contribution in [2.75, 3.05) is 5.73 Å². The minimum atomic E-state index is -4.36. The van der Waals surface area contributed by atoms with E-state index in [-0.39, 0.29) is 0 Å². The number of hydrogen-bond donors (Lipinski definition) is 1. The number of aliphatic imine (C=N–C) groups is 1. The predicted molar refractivity (Wildman–Crippen MR) is 82.6 cm³/mol. The quantitative estimate of drug-likeness (QED) is 0.798. The lowest BCUT2D eigenvalue weighted by atomic mass is 9.97. The molecule has 0 atom stereocenters. The second-order valence-electron chi connectivity index (χ2n) is 5.84. The molecule has 1 heterocycles. The number of nitrogens with two attached hydrogens (primary N) is 1. The van der Waals surface area contributed by atoms with Crippen LogP contribution in [-0.4, -0.2) is 11.4 Å². The van der Waals surface area contributed by atoms with Crippen LogP contribution in [0.3, 0.4) is 0 Å². The first-order valence-corrected chi connectivity index (χ1v) is 7.02. The summed E-state index contributed by atoms with van der Waals surface area (Å²) in [5.74, 6) is 0.569. The number of ether oxygens (including phenoxy) is 1. The van der Waals surface area contributed by atoms with Gasteiger partial charge in [-0.25, -0.2) is 4.99 Å². The minimum absolute atomic E-state index is 0.549. The molecule has 1 aliphatic rings. The minimum Gasteiger partial charge on any atom is -0.466 e. The topological polar surface area (TPSA) is 47.6 Å². The molecule has 0 fully saturated rings. The smallest absolute Gasteiger partial charge is 0.416 e. The average Bonchev–Trinajstić information content (AvgIpc) is 2.44. The number of benzene rings is 2. The van der Waals surface area contributed by atoms with Crippen molar-refractivity contribution in [3.05, 3.63) is 59.2 Å². The zero-order valence-electron chi connectivity index (χ0n) is 12.6. The fraction of sp³-hybridized carbons (Fsp3) is 0.235. The molecule has 0 bridgehead atoms. The van der Waals surface area contributed by atoms with Crippen LogP contribution in [0.25, 0.3) is 0 Å². The molecular weight excluding hydrogens is 305 g/mol. The summed E-state index contributed by atoms with van der Waals surface area (Å²) in [5.41, 5.74) is 6.71.